The number of aromatic nitrogens is 2. The molecule has 114 valence electrons. The zero-order valence-electron chi connectivity index (χ0n) is 13.3. The SMILES string of the molecule is CCCCN(C)C(=NCC(C)Cn1cccn1)NCC. The fourth-order valence-corrected chi connectivity index (χ4v) is 2.00. The fourth-order valence-electron chi connectivity index (χ4n) is 2.00. The largest absolute Gasteiger partial charge is 0.357 e. The van der Waals surface area contributed by atoms with Gasteiger partial charge in [-0.1, -0.05) is 20.3 Å². The van der Waals surface area contributed by atoms with Crippen LogP contribution in [0.25, 0.3) is 0 Å². The van der Waals surface area contributed by atoms with Gasteiger partial charge in [0.1, 0.15) is 0 Å². The van der Waals surface area contributed by atoms with E-state index in [0.29, 0.717) is 5.92 Å². The van der Waals surface area contributed by atoms with Gasteiger partial charge < -0.3 is 10.2 Å². The number of guanidine groups is 1. The normalized spacial score (nSPS) is 13.3. The standard InChI is InChI=1S/C15H29N5/c1-5-7-10-19(4)15(16-6-2)17-12-14(3)13-20-11-8-9-18-20/h8-9,11,14H,5-7,10,12-13H2,1-4H3,(H,16,17). The first kappa shape index (κ1) is 16.5. The molecule has 5 nitrogen and oxygen atoms in total. The minimum atomic E-state index is 0.475. The Kier molecular flexibility index (Phi) is 7.77. The fraction of sp³-hybridized carbons (Fsp3) is 0.733. The molecule has 1 aromatic heterocycles. The lowest BCUT2D eigenvalue weighted by Crippen LogP contribution is -2.39. The highest BCUT2D eigenvalue weighted by Crippen LogP contribution is 2.01. The quantitative estimate of drug-likeness (QED) is 0.586. The summed E-state index contributed by atoms with van der Waals surface area (Å²) in [5, 5.41) is 7.60. The van der Waals surface area contributed by atoms with E-state index in [1.165, 1.54) is 12.8 Å². The van der Waals surface area contributed by atoms with Crippen molar-refractivity contribution < 1.29 is 0 Å². The zero-order valence-corrected chi connectivity index (χ0v) is 13.3. The molecule has 0 saturated heterocycles. The molecule has 1 atom stereocenters. The summed E-state index contributed by atoms with van der Waals surface area (Å²) in [7, 11) is 2.11. The monoisotopic (exact) mass is 279 g/mol. The van der Waals surface area contributed by atoms with E-state index in [4.69, 9.17) is 4.99 Å². The number of aliphatic imine (C=N–C) groups is 1. The molecule has 1 aromatic rings. The van der Waals surface area contributed by atoms with Gasteiger partial charge >= 0.3 is 0 Å². The van der Waals surface area contributed by atoms with Crippen LogP contribution >= 0.6 is 0 Å². The van der Waals surface area contributed by atoms with Gasteiger partial charge in [0.25, 0.3) is 0 Å². The molecule has 0 aliphatic carbocycles. The molecule has 0 aliphatic heterocycles. The van der Waals surface area contributed by atoms with Gasteiger partial charge in [0.15, 0.2) is 5.96 Å². The Balaban J connectivity index is 2.48. The zero-order chi connectivity index (χ0) is 14.8. The highest BCUT2D eigenvalue weighted by atomic mass is 15.3. The second-order valence-electron chi connectivity index (χ2n) is 5.30. The molecule has 0 aromatic carbocycles. The van der Waals surface area contributed by atoms with Crippen molar-refractivity contribution in [2.75, 3.05) is 26.7 Å². The van der Waals surface area contributed by atoms with Crippen molar-refractivity contribution in [3.05, 3.63) is 18.5 Å². The van der Waals surface area contributed by atoms with Gasteiger partial charge in [-0.15, -0.1) is 0 Å². The molecular formula is C15H29N5. The summed E-state index contributed by atoms with van der Waals surface area (Å²) >= 11 is 0. The van der Waals surface area contributed by atoms with Gasteiger partial charge in [0.2, 0.25) is 0 Å². The van der Waals surface area contributed by atoms with Crippen LogP contribution in [0, 0.1) is 5.92 Å². The maximum Gasteiger partial charge on any atom is 0.193 e. The number of hydrogen-bond acceptors (Lipinski definition) is 2. The molecule has 0 spiro atoms. The van der Waals surface area contributed by atoms with Gasteiger partial charge in [0, 0.05) is 45.6 Å². The van der Waals surface area contributed by atoms with Crippen LogP contribution in [0.1, 0.15) is 33.6 Å². The third-order valence-electron chi connectivity index (χ3n) is 3.15. The molecule has 0 aliphatic rings. The van der Waals surface area contributed by atoms with Gasteiger partial charge in [-0.2, -0.15) is 5.10 Å². The molecule has 0 saturated carbocycles. The average molecular weight is 279 g/mol. The number of unbranched alkanes of at least 4 members (excludes halogenated alkanes) is 1. The molecule has 5 heteroatoms. The van der Waals surface area contributed by atoms with Crippen molar-refractivity contribution in [2.24, 2.45) is 10.9 Å². The van der Waals surface area contributed by atoms with E-state index in [0.717, 1.165) is 32.1 Å². The molecule has 0 fully saturated rings. The predicted octanol–water partition coefficient (Wildman–Crippen LogP) is 2.22. The molecule has 1 heterocycles. The van der Waals surface area contributed by atoms with Crippen LogP contribution in [0.5, 0.6) is 0 Å². The van der Waals surface area contributed by atoms with Gasteiger partial charge in [-0.25, -0.2) is 0 Å². The van der Waals surface area contributed by atoms with E-state index in [2.05, 4.69) is 43.1 Å². The van der Waals surface area contributed by atoms with Crippen molar-refractivity contribution >= 4 is 5.96 Å². The van der Waals surface area contributed by atoms with Crippen LogP contribution in [-0.2, 0) is 6.54 Å². The Morgan fingerprint density at radius 3 is 2.85 bits per heavy atom. The first-order valence-corrected chi connectivity index (χ1v) is 7.64. The molecular weight excluding hydrogens is 250 g/mol. The third-order valence-corrected chi connectivity index (χ3v) is 3.15. The number of nitrogens with zero attached hydrogens (tertiary/aromatic N) is 4. The number of nitrogens with one attached hydrogen (secondary N) is 1. The van der Waals surface area contributed by atoms with E-state index in [9.17, 15) is 0 Å². The number of hydrogen-bond donors (Lipinski definition) is 1. The molecule has 1 N–H and O–H groups in total. The van der Waals surface area contributed by atoms with Crippen LogP contribution in [0.4, 0.5) is 0 Å². The summed E-state index contributed by atoms with van der Waals surface area (Å²) in [5.74, 6) is 1.48. The smallest absolute Gasteiger partial charge is 0.193 e. The first-order chi connectivity index (χ1) is 9.67. The second-order valence-corrected chi connectivity index (χ2v) is 5.30. The van der Waals surface area contributed by atoms with E-state index >= 15 is 0 Å². The molecule has 0 bridgehead atoms. The van der Waals surface area contributed by atoms with E-state index in [-0.39, 0.29) is 0 Å². The van der Waals surface area contributed by atoms with Gasteiger partial charge in [-0.3, -0.25) is 9.67 Å². The van der Waals surface area contributed by atoms with Crippen molar-refractivity contribution in [1.29, 1.82) is 0 Å². The summed E-state index contributed by atoms with van der Waals surface area (Å²) in [6.45, 7) is 10.2. The Morgan fingerprint density at radius 2 is 2.25 bits per heavy atom. The topological polar surface area (TPSA) is 45.5 Å². The predicted molar refractivity (Wildman–Crippen MR) is 84.9 cm³/mol. The van der Waals surface area contributed by atoms with Crippen molar-refractivity contribution in [3.8, 4) is 0 Å². The van der Waals surface area contributed by atoms with Crippen LogP contribution < -0.4 is 5.32 Å². The Labute approximate surface area is 123 Å². The highest BCUT2D eigenvalue weighted by molar-refractivity contribution is 5.79. The van der Waals surface area contributed by atoms with Crippen LogP contribution in [0.15, 0.2) is 23.5 Å². The van der Waals surface area contributed by atoms with E-state index in [1.54, 1.807) is 0 Å². The summed E-state index contributed by atoms with van der Waals surface area (Å²) in [6.07, 6.45) is 6.22. The summed E-state index contributed by atoms with van der Waals surface area (Å²) < 4.78 is 1.97. The van der Waals surface area contributed by atoms with Crippen LogP contribution in [0.3, 0.4) is 0 Å². The summed E-state index contributed by atoms with van der Waals surface area (Å²) in [4.78, 5) is 6.95. The molecule has 0 radical (unpaired) electrons. The van der Waals surface area contributed by atoms with Crippen molar-refractivity contribution in [3.63, 3.8) is 0 Å². The first-order valence-electron chi connectivity index (χ1n) is 7.64. The van der Waals surface area contributed by atoms with Crippen LogP contribution in [-0.4, -0.2) is 47.3 Å². The maximum absolute atomic E-state index is 4.74. The lowest BCUT2D eigenvalue weighted by molar-refractivity contribution is 0.441. The van der Waals surface area contributed by atoms with Gasteiger partial charge in [-0.05, 0) is 25.3 Å². The Hall–Kier alpha value is -1.52. The molecule has 1 unspecified atom stereocenters. The van der Waals surface area contributed by atoms with Gasteiger partial charge in [0.05, 0.1) is 0 Å². The van der Waals surface area contributed by atoms with Crippen molar-refractivity contribution in [1.82, 2.24) is 20.0 Å². The lowest BCUT2D eigenvalue weighted by Gasteiger charge is -2.22. The minimum absolute atomic E-state index is 0.475. The average Bonchev–Trinajstić information content (AvgIpc) is 2.93. The molecule has 20 heavy (non-hydrogen) atoms. The summed E-state index contributed by atoms with van der Waals surface area (Å²) in [5.41, 5.74) is 0. The third kappa shape index (κ3) is 6.08. The minimum Gasteiger partial charge on any atom is -0.357 e. The Morgan fingerprint density at radius 1 is 1.45 bits per heavy atom. The molecule has 1 rings (SSSR count). The lowest BCUT2D eigenvalue weighted by atomic mass is 10.2. The maximum atomic E-state index is 4.74. The van der Waals surface area contributed by atoms with E-state index in [1.807, 2.05) is 23.1 Å². The van der Waals surface area contributed by atoms with Crippen LogP contribution in [0.2, 0.25) is 0 Å². The van der Waals surface area contributed by atoms with E-state index < -0.39 is 0 Å². The molecule has 0 amide bonds. The summed E-state index contributed by atoms with van der Waals surface area (Å²) in [6, 6.07) is 1.96. The van der Waals surface area contributed by atoms with Crippen molar-refractivity contribution in [2.45, 2.75) is 40.2 Å². The highest BCUT2D eigenvalue weighted by Gasteiger charge is 2.07. The second kappa shape index (κ2) is 9.39. The number of rotatable bonds is 8. The Bertz CT molecular complexity index is 372.